The van der Waals surface area contributed by atoms with Crippen LogP contribution in [0.15, 0.2) is 40.9 Å². The van der Waals surface area contributed by atoms with E-state index < -0.39 is 0 Å². The minimum Gasteiger partial charge on any atom is -0.487 e. The summed E-state index contributed by atoms with van der Waals surface area (Å²) in [4.78, 5) is 0. The van der Waals surface area contributed by atoms with Gasteiger partial charge in [-0.05, 0) is 36.2 Å². The van der Waals surface area contributed by atoms with Crippen molar-refractivity contribution >= 4 is 21.6 Å². The Morgan fingerprint density at radius 3 is 2.63 bits per heavy atom. The van der Waals surface area contributed by atoms with Gasteiger partial charge in [0.25, 0.3) is 0 Å². The van der Waals surface area contributed by atoms with Crippen LogP contribution in [0.3, 0.4) is 0 Å². The maximum atomic E-state index is 13.0. The molecular formula is C15H15BrFNO. The molecule has 4 heteroatoms. The summed E-state index contributed by atoms with van der Waals surface area (Å²) in [5.74, 6) is 0.371. The molecule has 0 aromatic heterocycles. The normalized spacial score (nSPS) is 10.5. The Balaban J connectivity index is 2.10. The van der Waals surface area contributed by atoms with Crippen LogP contribution in [-0.4, -0.2) is 0 Å². The maximum absolute atomic E-state index is 13.0. The van der Waals surface area contributed by atoms with Crippen LogP contribution in [0.2, 0.25) is 0 Å². The summed E-state index contributed by atoms with van der Waals surface area (Å²) >= 11 is 3.31. The third kappa shape index (κ3) is 3.47. The molecule has 0 saturated carbocycles. The fourth-order valence-corrected chi connectivity index (χ4v) is 2.21. The van der Waals surface area contributed by atoms with E-state index in [9.17, 15) is 4.39 Å². The zero-order valence-electron chi connectivity index (χ0n) is 10.6. The van der Waals surface area contributed by atoms with Gasteiger partial charge in [0.2, 0.25) is 0 Å². The molecule has 0 heterocycles. The maximum Gasteiger partial charge on any atom is 0.142 e. The van der Waals surface area contributed by atoms with Crippen LogP contribution in [0.4, 0.5) is 10.1 Å². The molecular weight excluding hydrogens is 309 g/mol. The molecule has 0 spiro atoms. The largest absolute Gasteiger partial charge is 0.487 e. The Morgan fingerprint density at radius 2 is 2.00 bits per heavy atom. The van der Waals surface area contributed by atoms with Crippen LogP contribution in [0.5, 0.6) is 5.75 Å². The minimum absolute atomic E-state index is 0.276. The molecule has 2 aromatic rings. The lowest BCUT2D eigenvalue weighted by Crippen LogP contribution is -2.00. The molecule has 0 amide bonds. The molecule has 0 aliphatic rings. The second-order valence-corrected chi connectivity index (χ2v) is 5.10. The first-order valence-corrected chi connectivity index (χ1v) is 6.84. The SMILES string of the molecule is CCc1ccc(OCc2ccc(F)cc2Br)c(N)c1. The lowest BCUT2D eigenvalue weighted by Gasteiger charge is -2.11. The molecule has 0 radical (unpaired) electrons. The number of ether oxygens (including phenoxy) is 1. The van der Waals surface area contributed by atoms with E-state index in [1.54, 1.807) is 6.07 Å². The lowest BCUT2D eigenvalue weighted by molar-refractivity contribution is 0.307. The first-order chi connectivity index (χ1) is 9.10. The molecule has 100 valence electrons. The molecule has 2 aromatic carbocycles. The Hall–Kier alpha value is -1.55. The van der Waals surface area contributed by atoms with Crippen molar-refractivity contribution in [2.75, 3.05) is 5.73 Å². The molecule has 0 aliphatic heterocycles. The van der Waals surface area contributed by atoms with Gasteiger partial charge < -0.3 is 10.5 Å². The van der Waals surface area contributed by atoms with E-state index in [-0.39, 0.29) is 5.82 Å². The van der Waals surface area contributed by atoms with E-state index in [0.717, 1.165) is 12.0 Å². The Bertz CT molecular complexity index is 586. The standard InChI is InChI=1S/C15H15BrFNO/c1-2-10-3-6-15(14(18)7-10)19-9-11-4-5-12(17)8-13(11)16/h3-8H,2,9,18H2,1H3. The molecule has 0 saturated heterocycles. The molecule has 2 nitrogen and oxygen atoms in total. The molecule has 0 atom stereocenters. The molecule has 0 aliphatic carbocycles. The van der Waals surface area contributed by atoms with E-state index >= 15 is 0 Å². The quantitative estimate of drug-likeness (QED) is 0.851. The van der Waals surface area contributed by atoms with Gasteiger partial charge >= 0.3 is 0 Å². The summed E-state index contributed by atoms with van der Waals surface area (Å²) in [6.07, 6.45) is 0.938. The number of rotatable bonds is 4. The number of anilines is 1. The second kappa shape index (κ2) is 6.06. The number of aryl methyl sites for hydroxylation is 1. The number of nitrogens with two attached hydrogens (primary N) is 1. The first-order valence-electron chi connectivity index (χ1n) is 6.05. The summed E-state index contributed by atoms with van der Waals surface area (Å²) in [5, 5.41) is 0. The monoisotopic (exact) mass is 323 g/mol. The topological polar surface area (TPSA) is 35.2 Å². The average molecular weight is 324 g/mol. The average Bonchev–Trinajstić information content (AvgIpc) is 2.39. The summed E-state index contributed by atoms with van der Waals surface area (Å²) in [7, 11) is 0. The summed E-state index contributed by atoms with van der Waals surface area (Å²) in [5.41, 5.74) is 8.60. The highest BCUT2D eigenvalue weighted by molar-refractivity contribution is 9.10. The third-order valence-corrected chi connectivity index (χ3v) is 3.62. The number of nitrogen functional groups attached to an aromatic ring is 1. The predicted octanol–water partition coefficient (Wildman–Crippen LogP) is 4.31. The Morgan fingerprint density at radius 1 is 1.21 bits per heavy atom. The smallest absolute Gasteiger partial charge is 0.142 e. The van der Waals surface area contributed by atoms with Crippen molar-refractivity contribution in [1.82, 2.24) is 0 Å². The van der Waals surface area contributed by atoms with Crippen molar-refractivity contribution in [3.8, 4) is 5.75 Å². The zero-order chi connectivity index (χ0) is 13.8. The van der Waals surface area contributed by atoms with Crippen molar-refractivity contribution in [3.05, 3.63) is 57.8 Å². The molecule has 0 unspecified atom stereocenters. The predicted molar refractivity (Wildman–Crippen MR) is 78.7 cm³/mol. The van der Waals surface area contributed by atoms with Gasteiger partial charge in [0.1, 0.15) is 18.2 Å². The van der Waals surface area contributed by atoms with Gasteiger partial charge in [-0.25, -0.2) is 4.39 Å². The van der Waals surface area contributed by atoms with Gasteiger partial charge in [0.15, 0.2) is 0 Å². The van der Waals surface area contributed by atoms with Crippen molar-refractivity contribution < 1.29 is 9.13 Å². The highest BCUT2D eigenvalue weighted by Gasteiger charge is 2.05. The summed E-state index contributed by atoms with van der Waals surface area (Å²) in [6, 6.07) is 10.3. The molecule has 2 N–H and O–H groups in total. The highest BCUT2D eigenvalue weighted by Crippen LogP contribution is 2.25. The van der Waals surface area contributed by atoms with Crippen LogP contribution in [-0.2, 0) is 13.0 Å². The van der Waals surface area contributed by atoms with Crippen LogP contribution in [0.25, 0.3) is 0 Å². The zero-order valence-corrected chi connectivity index (χ0v) is 12.2. The Labute approximate surface area is 120 Å². The van der Waals surface area contributed by atoms with Gasteiger partial charge in [-0.3, -0.25) is 0 Å². The van der Waals surface area contributed by atoms with Gasteiger partial charge in [-0.2, -0.15) is 0 Å². The number of hydrogen-bond donors (Lipinski definition) is 1. The molecule has 19 heavy (non-hydrogen) atoms. The first kappa shape index (κ1) is 13.9. The van der Waals surface area contributed by atoms with E-state index in [0.29, 0.717) is 22.5 Å². The lowest BCUT2D eigenvalue weighted by atomic mass is 10.1. The second-order valence-electron chi connectivity index (χ2n) is 4.25. The van der Waals surface area contributed by atoms with Crippen LogP contribution in [0, 0.1) is 5.82 Å². The van der Waals surface area contributed by atoms with Gasteiger partial charge in [0.05, 0.1) is 5.69 Å². The third-order valence-electron chi connectivity index (χ3n) is 2.88. The fraction of sp³-hybridized carbons (Fsp3) is 0.200. The van der Waals surface area contributed by atoms with Crippen LogP contribution < -0.4 is 10.5 Å². The molecule has 0 fully saturated rings. The molecule has 0 bridgehead atoms. The van der Waals surface area contributed by atoms with E-state index in [4.69, 9.17) is 10.5 Å². The fourth-order valence-electron chi connectivity index (χ4n) is 1.74. The van der Waals surface area contributed by atoms with Crippen molar-refractivity contribution in [2.24, 2.45) is 0 Å². The van der Waals surface area contributed by atoms with Gasteiger partial charge in [-0.1, -0.05) is 35.0 Å². The number of halogens is 2. The van der Waals surface area contributed by atoms with E-state index in [1.807, 2.05) is 18.2 Å². The van der Waals surface area contributed by atoms with Gasteiger partial charge in [-0.15, -0.1) is 0 Å². The van der Waals surface area contributed by atoms with Gasteiger partial charge in [0, 0.05) is 10.0 Å². The minimum atomic E-state index is -0.276. The van der Waals surface area contributed by atoms with Crippen LogP contribution in [0.1, 0.15) is 18.1 Å². The Kier molecular flexibility index (Phi) is 4.43. The van der Waals surface area contributed by atoms with E-state index in [2.05, 4.69) is 22.9 Å². The summed E-state index contributed by atoms with van der Waals surface area (Å²) < 4.78 is 19.3. The van der Waals surface area contributed by atoms with E-state index in [1.165, 1.54) is 17.7 Å². The van der Waals surface area contributed by atoms with Crippen molar-refractivity contribution in [3.63, 3.8) is 0 Å². The highest BCUT2D eigenvalue weighted by atomic mass is 79.9. The number of benzene rings is 2. The summed E-state index contributed by atoms with van der Waals surface area (Å²) in [6.45, 7) is 2.42. The number of hydrogen-bond acceptors (Lipinski definition) is 2. The molecule has 2 rings (SSSR count). The van der Waals surface area contributed by atoms with Crippen molar-refractivity contribution in [2.45, 2.75) is 20.0 Å². The van der Waals surface area contributed by atoms with Crippen LogP contribution >= 0.6 is 15.9 Å². The van der Waals surface area contributed by atoms with Crippen molar-refractivity contribution in [1.29, 1.82) is 0 Å².